The highest BCUT2D eigenvalue weighted by Crippen LogP contribution is 2.49. The number of nitriles is 1. The normalized spacial score (nSPS) is 20.8. The number of ether oxygens (including phenoxy) is 4. The number of carbonyl (C=O) groups is 1. The summed E-state index contributed by atoms with van der Waals surface area (Å²) >= 11 is 0. The summed E-state index contributed by atoms with van der Waals surface area (Å²) in [6.07, 6.45) is 2.82. The lowest BCUT2D eigenvalue weighted by Gasteiger charge is -2.33. The van der Waals surface area contributed by atoms with Gasteiger partial charge >= 0.3 is 5.97 Å². The molecular weight excluding hydrogens is 617 g/mol. The third kappa shape index (κ3) is 5.82. The summed E-state index contributed by atoms with van der Waals surface area (Å²) in [6.45, 7) is 11.0. The predicted octanol–water partition coefficient (Wildman–Crippen LogP) is 6.16. The van der Waals surface area contributed by atoms with Gasteiger partial charge in [-0.15, -0.1) is 0 Å². The van der Waals surface area contributed by atoms with Gasteiger partial charge in [-0.2, -0.15) is 5.26 Å². The van der Waals surface area contributed by atoms with E-state index in [4.69, 9.17) is 33.6 Å². The van der Waals surface area contributed by atoms with Gasteiger partial charge in [0.15, 0.2) is 17.2 Å². The van der Waals surface area contributed by atoms with Gasteiger partial charge in [-0.1, -0.05) is 12.1 Å². The molecule has 3 aliphatic rings. The van der Waals surface area contributed by atoms with Crippen molar-refractivity contribution in [1.29, 1.82) is 5.26 Å². The van der Waals surface area contributed by atoms with Gasteiger partial charge in [0, 0.05) is 19.1 Å². The molecule has 48 heavy (non-hydrogen) atoms. The second-order valence-corrected chi connectivity index (χ2v) is 12.7. The largest absolute Gasteiger partial charge is 0.461 e. The number of oxazole rings is 1. The van der Waals surface area contributed by atoms with Gasteiger partial charge in [-0.3, -0.25) is 4.90 Å². The van der Waals surface area contributed by atoms with Crippen LogP contribution < -0.4 is 9.47 Å². The van der Waals surface area contributed by atoms with Gasteiger partial charge in [0.25, 0.3) is 5.79 Å². The fraction of sp³-hybridized carbons (Fsp3) is 0.444. The Kier molecular flexibility index (Phi) is 8.43. The molecule has 2 saturated heterocycles. The standard InChI is InChI=1S/C36H38FN5O6/c1-5-44-35(43)31-22(3)46-34(40-31)32-21(2)39-30(42(32)19-25-13-16-45-25)20-41-14-11-24(12-15-41)26-7-6-8-29-33(26)48-36(4,47-29)27-10-9-23(18-38)17-28(27)37/h6-10,17,24-25H,5,11-16,19-20H2,1-4H3/t25-,36-/m0/s1. The minimum Gasteiger partial charge on any atom is -0.461 e. The number of fused-ring (bicyclic) bond motifs is 1. The maximum atomic E-state index is 15.0. The number of piperidine rings is 1. The zero-order valence-corrected chi connectivity index (χ0v) is 27.5. The average molecular weight is 656 g/mol. The van der Waals surface area contributed by atoms with Crippen molar-refractivity contribution >= 4 is 5.97 Å². The molecule has 0 spiro atoms. The third-order valence-corrected chi connectivity index (χ3v) is 9.46. The number of likely N-dealkylation sites (tertiary alicyclic amines) is 1. The van der Waals surface area contributed by atoms with Gasteiger partial charge in [0.05, 0.1) is 48.7 Å². The van der Waals surface area contributed by atoms with E-state index in [9.17, 15) is 4.79 Å². The Morgan fingerprint density at radius 1 is 1.15 bits per heavy atom. The molecule has 0 radical (unpaired) electrons. The minimum atomic E-state index is -1.34. The third-order valence-electron chi connectivity index (χ3n) is 9.46. The molecule has 11 nitrogen and oxygen atoms in total. The zero-order chi connectivity index (χ0) is 33.6. The molecule has 0 aliphatic carbocycles. The smallest absolute Gasteiger partial charge is 0.360 e. The van der Waals surface area contributed by atoms with E-state index in [0.717, 1.165) is 61.7 Å². The second-order valence-electron chi connectivity index (χ2n) is 12.7. The van der Waals surface area contributed by atoms with Crippen molar-refractivity contribution in [2.24, 2.45) is 0 Å². The fourth-order valence-corrected chi connectivity index (χ4v) is 6.87. The Bertz CT molecular complexity index is 1900. The van der Waals surface area contributed by atoms with Crippen LogP contribution in [0, 0.1) is 31.0 Å². The number of aryl methyl sites for hydroxylation is 2. The molecule has 0 N–H and O–H groups in total. The van der Waals surface area contributed by atoms with Crippen LogP contribution in [0.2, 0.25) is 0 Å². The molecule has 4 aromatic rings. The monoisotopic (exact) mass is 655 g/mol. The first-order chi connectivity index (χ1) is 23.2. The molecular formula is C36H38FN5O6. The lowest BCUT2D eigenvalue weighted by Crippen LogP contribution is -2.35. The molecule has 2 atom stereocenters. The van der Waals surface area contributed by atoms with E-state index in [2.05, 4.69) is 20.5 Å². The molecule has 12 heteroatoms. The van der Waals surface area contributed by atoms with Gasteiger partial charge in [-0.25, -0.2) is 19.2 Å². The summed E-state index contributed by atoms with van der Waals surface area (Å²) in [5.74, 6) is 0.697. The van der Waals surface area contributed by atoms with E-state index in [-0.39, 0.29) is 35.4 Å². The molecule has 0 amide bonds. The molecule has 0 saturated carbocycles. The molecule has 3 aliphatic heterocycles. The first-order valence-electron chi connectivity index (χ1n) is 16.4. The number of nitrogens with zero attached hydrogens (tertiary/aromatic N) is 5. The first-order valence-corrected chi connectivity index (χ1v) is 16.4. The Hall–Kier alpha value is -4.73. The van der Waals surface area contributed by atoms with Gasteiger partial charge in [0.1, 0.15) is 23.1 Å². The molecule has 2 aromatic heterocycles. The van der Waals surface area contributed by atoms with Crippen molar-refractivity contribution in [2.45, 2.75) is 77.9 Å². The van der Waals surface area contributed by atoms with E-state index >= 15 is 4.39 Å². The van der Waals surface area contributed by atoms with Crippen LogP contribution in [-0.4, -0.2) is 57.8 Å². The van der Waals surface area contributed by atoms with Gasteiger partial charge in [-0.05, 0) is 83.3 Å². The molecule has 0 unspecified atom stereocenters. The summed E-state index contributed by atoms with van der Waals surface area (Å²) < 4.78 is 46.7. The van der Waals surface area contributed by atoms with Crippen LogP contribution in [0.25, 0.3) is 11.6 Å². The Labute approximate surface area is 278 Å². The topological polar surface area (TPSA) is 125 Å². The summed E-state index contributed by atoms with van der Waals surface area (Å²) in [5, 5.41) is 9.16. The van der Waals surface area contributed by atoms with E-state index in [1.807, 2.05) is 25.1 Å². The van der Waals surface area contributed by atoms with E-state index in [0.29, 0.717) is 36.2 Å². The van der Waals surface area contributed by atoms with Gasteiger partial charge in [0.2, 0.25) is 5.89 Å². The highest BCUT2D eigenvalue weighted by Gasteiger charge is 2.43. The fourth-order valence-electron chi connectivity index (χ4n) is 6.87. The van der Waals surface area contributed by atoms with Crippen LogP contribution in [0.4, 0.5) is 4.39 Å². The number of hydrogen-bond acceptors (Lipinski definition) is 10. The number of aromatic nitrogens is 3. The number of carbonyl (C=O) groups excluding carboxylic acids is 1. The predicted molar refractivity (Wildman–Crippen MR) is 171 cm³/mol. The summed E-state index contributed by atoms with van der Waals surface area (Å²) in [7, 11) is 0. The van der Waals surface area contributed by atoms with Crippen LogP contribution >= 0.6 is 0 Å². The van der Waals surface area contributed by atoms with Crippen LogP contribution in [0.15, 0.2) is 40.8 Å². The van der Waals surface area contributed by atoms with Crippen molar-refractivity contribution in [3.63, 3.8) is 0 Å². The van der Waals surface area contributed by atoms with E-state index in [1.54, 1.807) is 32.9 Å². The zero-order valence-electron chi connectivity index (χ0n) is 27.5. The van der Waals surface area contributed by atoms with E-state index in [1.165, 1.54) is 6.07 Å². The maximum absolute atomic E-state index is 15.0. The molecule has 0 bridgehead atoms. The minimum absolute atomic E-state index is 0.0771. The van der Waals surface area contributed by atoms with E-state index < -0.39 is 17.6 Å². The number of hydrogen-bond donors (Lipinski definition) is 0. The van der Waals surface area contributed by atoms with Gasteiger partial charge < -0.3 is 27.9 Å². The van der Waals surface area contributed by atoms with Crippen molar-refractivity contribution in [3.05, 3.63) is 81.9 Å². The number of halogens is 1. The number of benzene rings is 2. The second kappa shape index (κ2) is 12.7. The van der Waals surface area contributed by atoms with Crippen molar-refractivity contribution in [2.75, 3.05) is 26.3 Å². The summed E-state index contributed by atoms with van der Waals surface area (Å²) in [6, 6.07) is 12.1. The number of rotatable bonds is 9. The molecule has 250 valence electrons. The number of para-hydroxylation sites is 1. The number of esters is 1. The van der Waals surface area contributed by atoms with Crippen molar-refractivity contribution in [3.8, 4) is 29.2 Å². The maximum Gasteiger partial charge on any atom is 0.360 e. The molecule has 2 fully saturated rings. The van der Waals surface area contributed by atoms with Crippen LogP contribution in [0.5, 0.6) is 11.5 Å². The Morgan fingerprint density at radius 3 is 2.62 bits per heavy atom. The Morgan fingerprint density at radius 2 is 1.94 bits per heavy atom. The van der Waals surface area contributed by atoms with Crippen LogP contribution in [-0.2, 0) is 28.4 Å². The highest BCUT2D eigenvalue weighted by molar-refractivity contribution is 5.88. The molecule has 7 rings (SSSR count). The lowest BCUT2D eigenvalue weighted by molar-refractivity contribution is -0.0712. The lowest BCUT2D eigenvalue weighted by atomic mass is 9.88. The average Bonchev–Trinajstić information content (AvgIpc) is 3.70. The Balaban J connectivity index is 1.08. The summed E-state index contributed by atoms with van der Waals surface area (Å²) in [5.41, 5.74) is 3.22. The first kappa shape index (κ1) is 31.8. The molecule has 5 heterocycles. The SMILES string of the molecule is CCOC(=O)c1nc(-c2c(C)nc(CN3CCC(c4cccc5c4O[C@@](C)(c4ccc(C#N)cc4F)O5)CC3)n2C[C@@H]2CCO2)oc1C. The van der Waals surface area contributed by atoms with Crippen LogP contribution in [0.1, 0.15) is 83.5 Å². The van der Waals surface area contributed by atoms with Crippen molar-refractivity contribution < 1.29 is 32.5 Å². The number of imidazole rings is 1. The summed E-state index contributed by atoms with van der Waals surface area (Å²) in [4.78, 5) is 24.4. The highest BCUT2D eigenvalue weighted by atomic mass is 19.1. The quantitative estimate of drug-likeness (QED) is 0.194. The van der Waals surface area contributed by atoms with Crippen molar-refractivity contribution in [1.82, 2.24) is 19.4 Å². The van der Waals surface area contributed by atoms with Crippen LogP contribution in [0.3, 0.4) is 0 Å². The molecule has 2 aromatic carbocycles.